The number of esters is 1. The molecule has 0 radical (unpaired) electrons. The van der Waals surface area contributed by atoms with E-state index in [0.717, 1.165) is 16.1 Å². The minimum atomic E-state index is -0.518. The number of rotatable bonds is 7. The zero-order valence-corrected chi connectivity index (χ0v) is 16.1. The van der Waals surface area contributed by atoms with Crippen LogP contribution >= 0.6 is 23.1 Å². The maximum atomic E-state index is 12.8. The lowest BCUT2D eigenvalue weighted by Gasteiger charge is -2.09. The molecule has 0 aliphatic rings. The average molecular weight is 390 g/mol. The Morgan fingerprint density at radius 3 is 3.00 bits per heavy atom. The Kier molecular flexibility index (Phi) is 5.63. The third-order valence-corrected chi connectivity index (χ3v) is 5.89. The number of carbonyl (C=O) groups excluding carboxylic acids is 1. The van der Waals surface area contributed by atoms with Gasteiger partial charge in [0, 0.05) is 11.4 Å². The van der Waals surface area contributed by atoms with Crippen molar-refractivity contribution in [1.29, 1.82) is 0 Å². The van der Waals surface area contributed by atoms with Crippen LogP contribution in [0.25, 0.3) is 10.2 Å². The standard InChI is InChI=1S/C18H18N2O4S2/c1-4-8-20-16(21)13-9-12(5-2)26-15(13)19-18(20)25-10-11-6-7-14(24-11)17(22)23-3/h4,6-7,9H,1,5,8,10H2,2-3H3. The zero-order valence-electron chi connectivity index (χ0n) is 14.5. The van der Waals surface area contributed by atoms with Crippen LogP contribution in [0.15, 0.2) is 45.2 Å². The van der Waals surface area contributed by atoms with E-state index in [-0.39, 0.29) is 11.3 Å². The summed E-state index contributed by atoms with van der Waals surface area (Å²) in [5, 5.41) is 1.24. The number of carbonyl (C=O) groups is 1. The van der Waals surface area contributed by atoms with Crippen LogP contribution in [-0.4, -0.2) is 22.6 Å². The predicted octanol–water partition coefficient (Wildman–Crippen LogP) is 3.88. The number of aromatic nitrogens is 2. The predicted molar refractivity (Wildman–Crippen MR) is 103 cm³/mol. The van der Waals surface area contributed by atoms with E-state index in [1.807, 2.05) is 6.07 Å². The maximum absolute atomic E-state index is 12.8. The molecule has 0 fully saturated rings. The van der Waals surface area contributed by atoms with Crippen LogP contribution in [0.4, 0.5) is 0 Å². The van der Waals surface area contributed by atoms with E-state index in [9.17, 15) is 9.59 Å². The summed E-state index contributed by atoms with van der Waals surface area (Å²) in [4.78, 5) is 30.8. The van der Waals surface area contributed by atoms with Gasteiger partial charge in [0.05, 0.1) is 18.2 Å². The topological polar surface area (TPSA) is 74.3 Å². The van der Waals surface area contributed by atoms with Crippen LogP contribution in [0, 0.1) is 0 Å². The van der Waals surface area contributed by atoms with E-state index in [1.165, 1.54) is 30.2 Å². The molecule has 136 valence electrons. The zero-order chi connectivity index (χ0) is 18.7. The van der Waals surface area contributed by atoms with Crippen molar-refractivity contribution in [2.24, 2.45) is 0 Å². The van der Waals surface area contributed by atoms with Gasteiger partial charge in [-0.15, -0.1) is 17.9 Å². The first kappa shape index (κ1) is 18.5. The third kappa shape index (κ3) is 3.61. The molecule has 0 bridgehead atoms. The smallest absolute Gasteiger partial charge is 0.373 e. The quantitative estimate of drug-likeness (QED) is 0.264. The van der Waals surface area contributed by atoms with Gasteiger partial charge in [-0.25, -0.2) is 9.78 Å². The number of aryl methyl sites for hydroxylation is 1. The lowest BCUT2D eigenvalue weighted by atomic mass is 10.3. The monoisotopic (exact) mass is 390 g/mol. The van der Waals surface area contributed by atoms with Crippen molar-refractivity contribution in [1.82, 2.24) is 9.55 Å². The van der Waals surface area contributed by atoms with Gasteiger partial charge in [0.25, 0.3) is 5.56 Å². The highest BCUT2D eigenvalue weighted by molar-refractivity contribution is 7.98. The fourth-order valence-electron chi connectivity index (χ4n) is 2.42. The van der Waals surface area contributed by atoms with Crippen molar-refractivity contribution in [3.63, 3.8) is 0 Å². The molecule has 3 heterocycles. The molecule has 3 aromatic rings. The normalized spacial score (nSPS) is 11.0. The average Bonchev–Trinajstić information content (AvgIpc) is 3.28. The number of methoxy groups -OCH3 is 1. The minimum absolute atomic E-state index is 0.0666. The maximum Gasteiger partial charge on any atom is 0.373 e. The van der Waals surface area contributed by atoms with Crippen molar-refractivity contribution in [3.8, 4) is 0 Å². The van der Waals surface area contributed by atoms with Gasteiger partial charge in [-0.05, 0) is 24.6 Å². The second-order valence-electron chi connectivity index (χ2n) is 5.43. The van der Waals surface area contributed by atoms with E-state index >= 15 is 0 Å². The second-order valence-corrected chi connectivity index (χ2v) is 7.49. The number of hydrogen-bond acceptors (Lipinski definition) is 7. The number of fused-ring (bicyclic) bond motifs is 1. The van der Waals surface area contributed by atoms with Gasteiger partial charge in [-0.1, -0.05) is 24.8 Å². The number of allylic oxidation sites excluding steroid dienone is 1. The van der Waals surface area contributed by atoms with Gasteiger partial charge >= 0.3 is 5.97 Å². The lowest BCUT2D eigenvalue weighted by Crippen LogP contribution is -2.22. The van der Waals surface area contributed by atoms with E-state index in [4.69, 9.17) is 4.42 Å². The van der Waals surface area contributed by atoms with E-state index in [2.05, 4.69) is 23.2 Å². The van der Waals surface area contributed by atoms with Gasteiger partial charge in [-0.2, -0.15) is 0 Å². The Bertz CT molecular complexity index is 1020. The molecule has 0 saturated heterocycles. The third-order valence-electron chi connectivity index (χ3n) is 3.72. The molecule has 0 N–H and O–H groups in total. The molecule has 3 aromatic heterocycles. The van der Waals surface area contributed by atoms with Crippen molar-refractivity contribution in [2.45, 2.75) is 30.8 Å². The van der Waals surface area contributed by atoms with Gasteiger partial charge in [0.1, 0.15) is 10.6 Å². The molecule has 0 saturated carbocycles. The molecule has 0 aliphatic heterocycles. The number of nitrogens with zero attached hydrogens (tertiary/aromatic N) is 2. The minimum Gasteiger partial charge on any atom is -0.463 e. The number of ether oxygens (including phenoxy) is 1. The van der Waals surface area contributed by atoms with Crippen LogP contribution in [-0.2, 0) is 23.5 Å². The first-order chi connectivity index (χ1) is 12.6. The van der Waals surface area contributed by atoms with Crippen molar-refractivity contribution in [3.05, 3.63) is 57.6 Å². The van der Waals surface area contributed by atoms with Gasteiger partial charge < -0.3 is 9.15 Å². The molecule has 8 heteroatoms. The van der Waals surface area contributed by atoms with Crippen LogP contribution in [0.2, 0.25) is 0 Å². The number of thiophene rings is 1. The fourth-order valence-corrected chi connectivity index (χ4v) is 4.33. The summed E-state index contributed by atoms with van der Waals surface area (Å²) in [6, 6.07) is 5.20. The summed E-state index contributed by atoms with van der Waals surface area (Å²) in [7, 11) is 1.30. The molecule has 0 atom stereocenters. The summed E-state index contributed by atoms with van der Waals surface area (Å²) < 4.78 is 11.7. The lowest BCUT2D eigenvalue weighted by molar-refractivity contribution is 0.0563. The molecule has 0 amide bonds. The molecule has 3 rings (SSSR count). The fraction of sp³-hybridized carbons (Fsp3) is 0.278. The molecule has 26 heavy (non-hydrogen) atoms. The Morgan fingerprint density at radius 1 is 1.50 bits per heavy atom. The first-order valence-electron chi connectivity index (χ1n) is 8.01. The van der Waals surface area contributed by atoms with Crippen LogP contribution in [0.3, 0.4) is 0 Å². The summed E-state index contributed by atoms with van der Waals surface area (Å²) >= 11 is 2.92. The number of furan rings is 1. The number of thioether (sulfide) groups is 1. The Morgan fingerprint density at radius 2 is 2.31 bits per heavy atom. The molecule has 0 spiro atoms. The van der Waals surface area contributed by atoms with Crippen LogP contribution in [0.5, 0.6) is 0 Å². The molecule has 0 aromatic carbocycles. The van der Waals surface area contributed by atoms with Gasteiger partial charge in [0.15, 0.2) is 5.16 Å². The van der Waals surface area contributed by atoms with Crippen LogP contribution in [0.1, 0.15) is 28.1 Å². The van der Waals surface area contributed by atoms with Crippen LogP contribution < -0.4 is 5.56 Å². The molecular weight excluding hydrogens is 372 g/mol. The van der Waals surface area contributed by atoms with E-state index in [0.29, 0.717) is 28.6 Å². The van der Waals surface area contributed by atoms with E-state index < -0.39 is 5.97 Å². The summed E-state index contributed by atoms with van der Waals surface area (Å²) in [6.45, 7) is 6.16. The summed E-state index contributed by atoms with van der Waals surface area (Å²) in [5.74, 6) is 0.684. The first-order valence-corrected chi connectivity index (χ1v) is 9.81. The largest absolute Gasteiger partial charge is 0.463 e. The molecule has 0 unspecified atom stereocenters. The highest BCUT2D eigenvalue weighted by atomic mass is 32.2. The summed E-state index contributed by atoms with van der Waals surface area (Å²) in [5.41, 5.74) is -0.0666. The summed E-state index contributed by atoms with van der Waals surface area (Å²) in [6.07, 6.45) is 2.54. The second kappa shape index (κ2) is 7.92. The van der Waals surface area contributed by atoms with Gasteiger partial charge in [0.2, 0.25) is 5.76 Å². The Balaban J connectivity index is 1.91. The molecular formula is C18H18N2O4S2. The highest BCUT2D eigenvalue weighted by Gasteiger charge is 2.15. The SMILES string of the molecule is C=CCn1c(SCc2ccc(C(=O)OC)o2)nc2sc(CC)cc2c1=O. The Hall–Kier alpha value is -2.32. The van der Waals surface area contributed by atoms with Crippen molar-refractivity contribution in [2.75, 3.05) is 7.11 Å². The van der Waals surface area contributed by atoms with Crippen molar-refractivity contribution >= 4 is 39.3 Å². The van der Waals surface area contributed by atoms with Crippen molar-refractivity contribution < 1.29 is 13.9 Å². The van der Waals surface area contributed by atoms with Gasteiger partial charge in [-0.3, -0.25) is 9.36 Å². The highest BCUT2D eigenvalue weighted by Crippen LogP contribution is 2.27. The molecule has 6 nitrogen and oxygen atoms in total. The van der Waals surface area contributed by atoms with E-state index in [1.54, 1.807) is 22.8 Å². The molecule has 0 aliphatic carbocycles. The number of hydrogen-bond donors (Lipinski definition) is 0. The Labute approximate surface area is 158 Å².